The van der Waals surface area contributed by atoms with Crippen molar-refractivity contribution in [3.05, 3.63) is 30.0 Å². The molecule has 1 unspecified atom stereocenters. The molecular weight excluding hydrogens is 390 g/mol. The van der Waals surface area contributed by atoms with Gasteiger partial charge >= 0.3 is 0 Å². The number of hydrogen-bond acceptors (Lipinski definition) is 7. The molecule has 0 saturated carbocycles. The van der Waals surface area contributed by atoms with E-state index < -0.39 is 10.0 Å². The molecule has 4 rings (SSSR count). The summed E-state index contributed by atoms with van der Waals surface area (Å²) in [5.41, 5.74) is 0. The van der Waals surface area contributed by atoms with Crippen LogP contribution in [0.4, 0.5) is 5.82 Å². The maximum atomic E-state index is 12.8. The first-order chi connectivity index (χ1) is 13.8. The van der Waals surface area contributed by atoms with Crippen LogP contribution in [0.5, 0.6) is 0 Å². The highest BCUT2D eigenvalue weighted by Crippen LogP contribution is 2.21. The van der Waals surface area contributed by atoms with E-state index in [4.69, 9.17) is 0 Å². The van der Waals surface area contributed by atoms with Gasteiger partial charge in [-0.15, -0.1) is 0 Å². The van der Waals surface area contributed by atoms with Gasteiger partial charge in [-0.3, -0.25) is 0 Å². The number of rotatable bonds is 5. The number of nitrogens with zero attached hydrogens (tertiary/aromatic N) is 6. The van der Waals surface area contributed by atoms with Gasteiger partial charge in [0.1, 0.15) is 16.5 Å². The molecule has 2 aromatic heterocycles. The predicted octanol–water partition coefficient (Wildman–Crippen LogP) is 1.16. The maximum Gasteiger partial charge on any atom is 0.244 e. The lowest BCUT2D eigenvalue weighted by Crippen LogP contribution is -2.47. The number of pyridine rings is 1. The van der Waals surface area contributed by atoms with Crippen molar-refractivity contribution in [2.24, 2.45) is 0 Å². The van der Waals surface area contributed by atoms with Gasteiger partial charge in [0.2, 0.25) is 10.0 Å². The Labute approximate surface area is 172 Å². The normalized spacial score (nSPS) is 21.3. The van der Waals surface area contributed by atoms with Crippen LogP contribution in [0, 0.1) is 0 Å². The Hall–Kier alpha value is -2.04. The summed E-state index contributed by atoms with van der Waals surface area (Å²) < 4.78 is 29.1. The Morgan fingerprint density at radius 1 is 1.17 bits per heavy atom. The molecule has 158 valence electrons. The average Bonchev–Trinajstić information content (AvgIpc) is 3.13. The van der Waals surface area contributed by atoms with Crippen molar-refractivity contribution in [2.45, 2.75) is 50.1 Å². The molecule has 0 aromatic carbocycles. The third kappa shape index (κ3) is 4.29. The molecule has 2 aliphatic rings. The fourth-order valence-electron chi connectivity index (χ4n) is 3.70. The van der Waals surface area contributed by atoms with Crippen LogP contribution in [0.25, 0.3) is 0 Å². The van der Waals surface area contributed by atoms with Crippen LogP contribution in [0.1, 0.15) is 37.8 Å². The average molecular weight is 420 g/mol. The molecule has 0 radical (unpaired) electrons. The van der Waals surface area contributed by atoms with Crippen molar-refractivity contribution < 1.29 is 8.42 Å². The van der Waals surface area contributed by atoms with Crippen LogP contribution < -0.4 is 5.32 Å². The van der Waals surface area contributed by atoms with E-state index in [1.807, 2.05) is 11.7 Å². The zero-order valence-corrected chi connectivity index (χ0v) is 18.1. The number of piperazine rings is 1. The first kappa shape index (κ1) is 20.2. The number of aryl methyl sites for hydroxylation is 1. The molecule has 2 aliphatic heterocycles. The van der Waals surface area contributed by atoms with Crippen LogP contribution >= 0.6 is 0 Å². The van der Waals surface area contributed by atoms with E-state index in [9.17, 15) is 8.42 Å². The van der Waals surface area contributed by atoms with Crippen LogP contribution in [-0.2, 0) is 23.0 Å². The topological polar surface area (TPSA) is 96.2 Å². The van der Waals surface area contributed by atoms with Crippen molar-refractivity contribution in [1.29, 1.82) is 0 Å². The maximum absolute atomic E-state index is 12.8. The third-order valence-electron chi connectivity index (χ3n) is 5.58. The molecule has 1 N–H and O–H groups in total. The van der Waals surface area contributed by atoms with E-state index in [0.717, 1.165) is 44.1 Å². The molecule has 29 heavy (non-hydrogen) atoms. The predicted molar refractivity (Wildman–Crippen MR) is 110 cm³/mol. The number of anilines is 1. The molecule has 1 saturated heterocycles. The lowest BCUT2D eigenvalue weighted by Gasteiger charge is -2.31. The van der Waals surface area contributed by atoms with E-state index in [2.05, 4.69) is 39.1 Å². The summed E-state index contributed by atoms with van der Waals surface area (Å²) in [7, 11) is -1.48. The lowest BCUT2D eigenvalue weighted by atomic mass is 10.1. The minimum absolute atomic E-state index is 0.191. The van der Waals surface area contributed by atoms with Gasteiger partial charge in [0.25, 0.3) is 0 Å². The molecule has 0 spiro atoms. The summed E-state index contributed by atoms with van der Waals surface area (Å²) in [4.78, 5) is 11.4. The molecule has 0 aliphatic carbocycles. The van der Waals surface area contributed by atoms with Gasteiger partial charge in [-0.05, 0) is 25.6 Å². The van der Waals surface area contributed by atoms with E-state index in [0.29, 0.717) is 24.8 Å². The Bertz CT molecular complexity index is 947. The summed E-state index contributed by atoms with van der Waals surface area (Å²) >= 11 is 0. The lowest BCUT2D eigenvalue weighted by molar-refractivity contribution is 0.222. The van der Waals surface area contributed by atoms with Crippen molar-refractivity contribution in [2.75, 3.05) is 38.5 Å². The van der Waals surface area contributed by atoms with Crippen molar-refractivity contribution in [3.63, 3.8) is 0 Å². The van der Waals surface area contributed by atoms with Crippen LogP contribution in [-0.4, -0.2) is 76.6 Å². The van der Waals surface area contributed by atoms with E-state index in [1.54, 1.807) is 12.1 Å². The zero-order chi connectivity index (χ0) is 20.6. The Morgan fingerprint density at radius 2 is 1.93 bits per heavy atom. The molecular formula is C19H29N7O2S. The number of sulfonamides is 1. The van der Waals surface area contributed by atoms with Gasteiger partial charge in [0, 0.05) is 50.8 Å². The molecule has 1 atom stereocenters. The number of likely N-dealkylation sites (N-methyl/N-ethyl adjacent to an activating group) is 1. The van der Waals surface area contributed by atoms with E-state index >= 15 is 0 Å². The van der Waals surface area contributed by atoms with Gasteiger partial charge in [0.15, 0.2) is 5.82 Å². The SMILES string of the molecule is CC(C)c1nc2n(n1)CC(Nc1ccc(S(=O)(=O)N3CCN(C)CC3)cn1)CC2. The van der Waals surface area contributed by atoms with Gasteiger partial charge in [-0.2, -0.15) is 9.40 Å². The second-order valence-electron chi connectivity index (χ2n) is 8.19. The summed E-state index contributed by atoms with van der Waals surface area (Å²) in [5.74, 6) is 2.92. The fraction of sp³-hybridized carbons (Fsp3) is 0.632. The van der Waals surface area contributed by atoms with Gasteiger partial charge in [-0.1, -0.05) is 13.8 Å². The highest BCUT2D eigenvalue weighted by atomic mass is 32.2. The van der Waals surface area contributed by atoms with Crippen molar-refractivity contribution >= 4 is 15.8 Å². The molecule has 10 heteroatoms. The van der Waals surface area contributed by atoms with E-state index in [-0.39, 0.29) is 10.9 Å². The van der Waals surface area contributed by atoms with Gasteiger partial charge in [0.05, 0.1) is 6.54 Å². The first-order valence-corrected chi connectivity index (χ1v) is 11.6. The molecule has 1 fully saturated rings. The smallest absolute Gasteiger partial charge is 0.244 e. The highest BCUT2D eigenvalue weighted by Gasteiger charge is 2.28. The molecule has 0 bridgehead atoms. The van der Waals surface area contributed by atoms with Crippen molar-refractivity contribution in [3.8, 4) is 0 Å². The minimum Gasteiger partial charge on any atom is -0.365 e. The molecule has 9 nitrogen and oxygen atoms in total. The molecule has 0 amide bonds. The van der Waals surface area contributed by atoms with Crippen LogP contribution in [0.3, 0.4) is 0 Å². The third-order valence-corrected chi connectivity index (χ3v) is 7.46. The number of hydrogen-bond donors (Lipinski definition) is 1. The van der Waals surface area contributed by atoms with Crippen LogP contribution in [0.15, 0.2) is 23.2 Å². The van der Waals surface area contributed by atoms with Gasteiger partial charge < -0.3 is 10.2 Å². The second kappa shape index (κ2) is 8.00. The Kier molecular flexibility index (Phi) is 5.58. The zero-order valence-electron chi connectivity index (χ0n) is 17.2. The second-order valence-corrected chi connectivity index (χ2v) is 10.1. The van der Waals surface area contributed by atoms with Gasteiger partial charge in [-0.25, -0.2) is 23.1 Å². The number of nitrogens with one attached hydrogen (secondary N) is 1. The van der Waals surface area contributed by atoms with Crippen LogP contribution in [0.2, 0.25) is 0 Å². The standard InChI is InChI=1S/C19H29N7O2S/c1-14(2)19-22-18-7-4-15(13-26(18)23-19)21-17-6-5-16(12-20-17)29(27,28)25-10-8-24(3)9-11-25/h5-6,12,14-15H,4,7-11,13H2,1-3H3,(H,20,21). The summed E-state index contributed by atoms with van der Waals surface area (Å²) in [5, 5.41) is 8.01. The minimum atomic E-state index is -3.49. The Balaban J connectivity index is 1.41. The number of fused-ring (bicyclic) bond motifs is 1. The largest absolute Gasteiger partial charge is 0.365 e. The molecule has 4 heterocycles. The fourth-order valence-corrected chi connectivity index (χ4v) is 5.06. The summed E-state index contributed by atoms with van der Waals surface area (Å²) in [6.45, 7) is 7.45. The quantitative estimate of drug-likeness (QED) is 0.777. The Morgan fingerprint density at radius 3 is 2.59 bits per heavy atom. The number of aromatic nitrogens is 4. The first-order valence-electron chi connectivity index (χ1n) is 10.2. The summed E-state index contributed by atoms with van der Waals surface area (Å²) in [6, 6.07) is 3.58. The summed E-state index contributed by atoms with van der Waals surface area (Å²) in [6.07, 6.45) is 3.27. The van der Waals surface area contributed by atoms with E-state index in [1.165, 1.54) is 10.5 Å². The molecule has 2 aromatic rings. The van der Waals surface area contributed by atoms with Crippen molar-refractivity contribution in [1.82, 2.24) is 29.0 Å². The highest BCUT2D eigenvalue weighted by molar-refractivity contribution is 7.89. The monoisotopic (exact) mass is 419 g/mol.